The van der Waals surface area contributed by atoms with Gasteiger partial charge < -0.3 is 4.74 Å². The number of halogens is 10. The standard InChI is InChI=1S/C9H8F10O2/c1-3-5(2,7(11,12)13)4(20)21-6(10,8(14,15)16)9(17,18)19/h3H2,1-2H3. The van der Waals surface area contributed by atoms with E-state index in [0.29, 0.717) is 6.92 Å². The summed E-state index contributed by atoms with van der Waals surface area (Å²) in [5.74, 6) is -9.55. The molecule has 0 aliphatic rings. The van der Waals surface area contributed by atoms with Crippen LogP contribution in [-0.4, -0.2) is 30.4 Å². The van der Waals surface area contributed by atoms with Crippen molar-refractivity contribution in [1.29, 1.82) is 0 Å². The number of carbonyl (C=O) groups is 1. The first-order valence-electron chi connectivity index (χ1n) is 5.06. The molecule has 0 bridgehead atoms. The maximum Gasteiger partial charge on any atom is 0.470 e. The first-order valence-corrected chi connectivity index (χ1v) is 5.06. The highest BCUT2D eigenvalue weighted by Gasteiger charge is 2.77. The number of rotatable bonds is 3. The van der Waals surface area contributed by atoms with Crippen molar-refractivity contribution in [3.8, 4) is 0 Å². The second-order valence-corrected chi connectivity index (χ2v) is 4.16. The van der Waals surface area contributed by atoms with E-state index in [0.717, 1.165) is 0 Å². The van der Waals surface area contributed by atoms with Gasteiger partial charge in [0.05, 0.1) is 0 Å². The van der Waals surface area contributed by atoms with E-state index in [1.165, 1.54) is 0 Å². The molecule has 0 amide bonds. The number of carbonyl (C=O) groups excluding carboxylic acids is 1. The minimum absolute atomic E-state index is 0.00248. The van der Waals surface area contributed by atoms with Crippen LogP contribution in [0.15, 0.2) is 0 Å². The summed E-state index contributed by atoms with van der Waals surface area (Å²) in [5.41, 5.74) is -3.72. The quantitative estimate of drug-likeness (QED) is 0.567. The minimum atomic E-state index is -6.79. The van der Waals surface area contributed by atoms with E-state index in [-0.39, 0.29) is 6.92 Å². The Morgan fingerprint density at radius 2 is 1.14 bits per heavy atom. The first-order chi connectivity index (χ1) is 8.94. The molecule has 21 heavy (non-hydrogen) atoms. The van der Waals surface area contributed by atoms with Crippen molar-refractivity contribution < 1.29 is 53.4 Å². The monoisotopic (exact) mass is 338 g/mol. The summed E-state index contributed by atoms with van der Waals surface area (Å²) in [6.07, 6.45) is -20.4. The van der Waals surface area contributed by atoms with E-state index in [1.807, 2.05) is 0 Å². The zero-order valence-electron chi connectivity index (χ0n) is 10.3. The van der Waals surface area contributed by atoms with Crippen LogP contribution in [0.5, 0.6) is 0 Å². The van der Waals surface area contributed by atoms with Crippen LogP contribution in [0.1, 0.15) is 20.3 Å². The van der Waals surface area contributed by atoms with Crippen LogP contribution in [0.3, 0.4) is 0 Å². The molecule has 0 heterocycles. The van der Waals surface area contributed by atoms with Gasteiger partial charge in [-0.15, -0.1) is 0 Å². The Bertz CT molecular complexity index is 379. The van der Waals surface area contributed by atoms with E-state index in [4.69, 9.17) is 0 Å². The number of esters is 1. The van der Waals surface area contributed by atoms with E-state index < -0.39 is 42.2 Å². The highest BCUT2D eigenvalue weighted by Crippen LogP contribution is 2.50. The predicted molar refractivity (Wildman–Crippen MR) is 46.5 cm³/mol. The lowest BCUT2D eigenvalue weighted by atomic mass is 9.87. The Kier molecular flexibility index (Phi) is 4.89. The van der Waals surface area contributed by atoms with Gasteiger partial charge in [-0.25, -0.2) is 0 Å². The molecule has 0 aromatic carbocycles. The summed E-state index contributed by atoms with van der Waals surface area (Å²) in [5, 5.41) is 0. The van der Waals surface area contributed by atoms with Gasteiger partial charge in [0.15, 0.2) is 5.41 Å². The summed E-state index contributed by atoms with van der Waals surface area (Å²) in [7, 11) is 0. The third-order valence-corrected chi connectivity index (χ3v) is 2.75. The number of alkyl halides is 10. The summed E-state index contributed by atoms with van der Waals surface area (Å²) in [6.45, 7) is 0.665. The summed E-state index contributed by atoms with van der Waals surface area (Å²) >= 11 is 0. The molecule has 0 rings (SSSR count). The van der Waals surface area contributed by atoms with Gasteiger partial charge in [-0.05, 0) is 13.3 Å². The molecule has 0 saturated heterocycles. The Labute approximate surface area is 111 Å². The second kappa shape index (κ2) is 5.20. The molecule has 0 saturated carbocycles. The van der Waals surface area contributed by atoms with Crippen molar-refractivity contribution in [2.45, 2.75) is 44.7 Å². The highest BCUT2D eigenvalue weighted by molar-refractivity contribution is 5.77. The summed E-state index contributed by atoms with van der Waals surface area (Å²) in [4.78, 5) is 11.1. The first kappa shape index (κ1) is 19.8. The van der Waals surface area contributed by atoms with Gasteiger partial charge in [0.25, 0.3) is 0 Å². The van der Waals surface area contributed by atoms with Gasteiger partial charge in [0.1, 0.15) is 0 Å². The molecule has 0 aromatic rings. The zero-order valence-corrected chi connectivity index (χ0v) is 10.3. The van der Waals surface area contributed by atoms with E-state index in [1.54, 1.807) is 0 Å². The Balaban J connectivity index is 5.75. The fourth-order valence-electron chi connectivity index (χ4n) is 0.977. The molecular formula is C9H8F10O2. The van der Waals surface area contributed by atoms with Crippen LogP contribution in [-0.2, 0) is 9.53 Å². The van der Waals surface area contributed by atoms with E-state index >= 15 is 0 Å². The molecule has 0 radical (unpaired) electrons. The maximum atomic E-state index is 13.1. The topological polar surface area (TPSA) is 26.3 Å². The van der Waals surface area contributed by atoms with Crippen molar-refractivity contribution in [2.75, 3.05) is 0 Å². The van der Waals surface area contributed by atoms with Gasteiger partial charge in [0.2, 0.25) is 0 Å². The molecule has 0 aliphatic heterocycles. The highest BCUT2D eigenvalue weighted by atomic mass is 19.4. The van der Waals surface area contributed by atoms with Crippen LogP contribution in [0.4, 0.5) is 43.9 Å². The largest absolute Gasteiger partial charge is 0.470 e. The van der Waals surface area contributed by atoms with Gasteiger partial charge in [0, 0.05) is 0 Å². The summed E-state index contributed by atoms with van der Waals surface area (Å²) in [6, 6.07) is 0. The van der Waals surface area contributed by atoms with Crippen LogP contribution >= 0.6 is 0 Å². The summed E-state index contributed by atoms with van der Waals surface area (Å²) < 4.78 is 126. The van der Waals surface area contributed by atoms with Crippen LogP contribution in [0, 0.1) is 5.41 Å². The Morgan fingerprint density at radius 1 is 0.810 bits per heavy atom. The van der Waals surface area contributed by atoms with Crippen LogP contribution < -0.4 is 0 Å². The van der Waals surface area contributed by atoms with Crippen molar-refractivity contribution in [2.24, 2.45) is 5.41 Å². The third kappa shape index (κ3) is 3.34. The van der Waals surface area contributed by atoms with E-state index in [2.05, 4.69) is 4.74 Å². The third-order valence-electron chi connectivity index (χ3n) is 2.75. The van der Waals surface area contributed by atoms with Gasteiger partial charge in [-0.1, -0.05) is 6.92 Å². The molecule has 1 unspecified atom stereocenters. The van der Waals surface area contributed by atoms with Gasteiger partial charge >= 0.3 is 30.4 Å². The van der Waals surface area contributed by atoms with E-state index in [9.17, 15) is 48.7 Å². The number of hydrogen-bond donors (Lipinski definition) is 0. The lowest BCUT2D eigenvalue weighted by Gasteiger charge is -2.34. The Hall–Kier alpha value is -1.23. The molecule has 0 spiro atoms. The van der Waals surface area contributed by atoms with Gasteiger partial charge in [-0.2, -0.15) is 43.9 Å². The minimum Gasteiger partial charge on any atom is -0.412 e. The van der Waals surface area contributed by atoms with Crippen molar-refractivity contribution in [3.05, 3.63) is 0 Å². The normalized spacial score (nSPS) is 17.3. The average Bonchev–Trinajstić information content (AvgIpc) is 2.22. The SMILES string of the molecule is CCC(C)(C(=O)OC(F)(C(F)(F)F)C(F)(F)F)C(F)(F)F. The predicted octanol–water partition coefficient (Wildman–Crippen LogP) is 4.30. The zero-order chi connectivity index (χ0) is 17.5. The van der Waals surface area contributed by atoms with Crippen LogP contribution in [0.25, 0.3) is 0 Å². The molecule has 0 aliphatic carbocycles. The lowest BCUT2D eigenvalue weighted by molar-refractivity contribution is -0.420. The molecule has 126 valence electrons. The molecule has 2 nitrogen and oxygen atoms in total. The fourth-order valence-corrected chi connectivity index (χ4v) is 0.977. The lowest BCUT2D eigenvalue weighted by Crippen LogP contribution is -2.58. The Morgan fingerprint density at radius 3 is 1.33 bits per heavy atom. The van der Waals surface area contributed by atoms with Crippen LogP contribution in [0.2, 0.25) is 0 Å². The van der Waals surface area contributed by atoms with Crippen molar-refractivity contribution in [1.82, 2.24) is 0 Å². The van der Waals surface area contributed by atoms with Gasteiger partial charge in [-0.3, -0.25) is 4.79 Å². The molecule has 0 N–H and O–H groups in total. The molecule has 0 fully saturated rings. The number of ether oxygens (including phenoxy) is 1. The average molecular weight is 338 g/mol. The molecule has 12 heteroatoms. The molecule has 1 atom stereocenters. The van der Waals surface area contributed by atoms with Crippen molar-refractivity contribution in [3.63, 3.8) is 0 Å². The van der Waals surface area contributed by atoms with Crippen molar-refractivity contribution >= 4 is 5.97 Å². The molecule has 0 aromatic heterocycles. The second-order valence-electron chi connectivity index (χ2n) is 4.16. The number of hydrogen-bond acceptors (Lipinski definition) is 2. The maximum absolute atomic E-state index is 13.1. The fraction of sp³-hybridized carbons (Fsp3) is 0.889. The molecular weight excluding hydrogens is 330 g/mol. The smallest absolute Gasteiger partial charge is 0.412 e.